The molecular weight excluding hydrogens is 292 g/mol. The molecule has 0 spiro atoms. The van der Waals surface area contributed by atoms with Crippen LogP contribution in [0.5, 0.6) is 0 Å². The van der Waals surface area contributed by atoms with Crippen LogP contribution in [0.25, 0.3) is 0 Å². The van der Waals surface area contributed by atoms with Crippen LogP contribution in [0.2, 0.25) is 0 Å². The Balaban J connectivity index is 1.72. The minimum Gasteiger partial charge on any atom is -0.392 e. The van der Waals surface area contributed by atoms with E-state index < -0.39 is 5.60 Å². The van der Waals surface area contributed by atoms with Gasteiger partial charge in [0.2, 0.25) is 0 Å². The number of esters is 2. The monoisotopic (exact) mass is 310 g/mol. The van der Waals surface area contributed by atoms with E-state index >= 15 is 0 Å². The second-order valence-electron chi connectivity index (χ2n) is 7.06. The maximum Gasteiger partial charge on any atom is 0.321 e. The van der Waals surface area contributed by atoms with Crippen molar-refractivity contribution in [1.29, 1.82) is 0 Å². The summed E-state index contributed by atoms with van der Waals surface area (Å²) in [5, 5.41) is 0. The van der Waals surface area contributed by atoms with E-state index in [-0.39, 0.29) is 29.7 Å². The van der Waals surface area contributed by atoms with Gasteiger partial charge in [0.15, 0.2) is 0 Å². The Morgan fingerprint density at radius 3 is 2.52 bits per heavy atom. The minimum absolute atomic E-state index is 0.0173. The van der Waals surface area contributed by atoms with Crippen molar-refractivity contribution in [3.05, 3.63) is 47.5 Å². The Kier molecular flexibility index (Phi) is 2.66. The number of hydrogen-bond donors (Lipinski definition) is 0. The molecule has 5 rings (SSSR count). The predicted octanol–water partition coefficient (Wildman–Crippen LogP) is 2.58. The van der Waals surface area contributed by atoms with Crippen LogP contribution in [0, 0.1) is 23.7 Å². The highest BCUT2D eigenvalue weighted by molar-refractivity contribution is 5.99. The lowest BCUT2D eigenvalue weighted by molar-refractivity contribution is -0.154. The second-order valence-corrected chi connectivity index (χ2v) is 7.06. The van der Waals surface area contributed by atoms with E-state index in [1.807, 2.05) is 18.2 Å². The first kappa shape index (κ1) is 13.5. The van der Waals surface area contributed by atoms with Crippen LogP contribution in [0.1, 0.15) is 24.8 Å². The van der Waals surface area contributed by atoms with Crippen LogP contribution < -0.4 is 0 Å². The van der Waals surface area contributed by atoms with Gasteiger partial charge in [-0.25, -0.2) is 0 Å². The van der Waals surface area contributed by atoms with Gasteiger partial charge in [0.05, 0.1) is 11.8 Å². The van der Waals surface area contributed by atoms with E-state index in [0.29, 0.717) is 12.5 Å². The van der Waals surface area contributed by atoms with Gasteiger partial charge < -0.3 is 9.47 Å². The highest BCUT2D eigenvalue weighted by atomic mass is 16.6. The standard InChI is InChI=1S/C19H18O4/c20-17-15-13(11-6-7-11)10-19(12-4-2-1-3-5-12)14(8-9-22-19)16(15)18(21)23-17/h1-5,10-11,14-16H,6-9H2/t14-,15+,16-,19-/m0/s1. The van der Waals surface area contributed by atoms with Gasteiger partial charge in [-0.1, -0.05) is 35.9 Å². The zero-order valence-corrected chi connectivity index (χ0v) is 12.7. The molecule has 1 saturated carbocycles. The van der Waals surface area contributed by atoms with Crippen LogP contribution in [0.3, 0.4) is 0 Å². The van der Waals surface area contributed by atoms with Gasteiger partial charge in [0.25, 0.3) is 0 Å². The smallest absolute Gasteiger partial charge is 0.321 e. The summed E-state index contributed by atoms with van der Waals surface area (Å²) in [6, 6.07) is 10.1. The second kappa shape index (κ2) is 4.54. The van der Waals surface area contributed by atoms with Crippen molar-refractivity contribution in [3.8, 4) is 0 Å². The maximum absolute atomic E-state index is 12.4. The average molecular weight is 310 g/mol. The molecule has 0 amide bonds. The molecule has 1 aromatic rings. The molecule has 3 fully saturated rings. The van der Waals surface area contributed by atoms with Crippen LogP contribution in [-0.2, 0) is 24.7 Å². The molecule has 23 heavy (non-hydrogen) atoms. The summed E-state index contributed by atoms with van der Waals surface area (Å²) in [7, 11) is 0. The zero-order chi connectivity index (χ0) is 15.6. The van der Waals surface area contributed by atoms with Gasteiger partial charge in [0.1, 0.15) is 5.60 Å². The van der Waals surface area contributed by atoms with Crippen molar-refractivity contribution in [3.63, 3.8) is 0 Å². The number of carbonyl (C=O) groups is 2. The summed E-state index contributed by atoms with van der Waals surface area (Å²) < 4.78 is 11.3. The van der Waals surface area contributed by atoms with Gasteiger partial charge in [0, 0.05) is 12.5 Å². The minimum atomic E-state index is -0.579. The Labute approximate surface area is 134 Å². The van der Waals surface area contributed by atoms with Crippen LogP contribution in [0.15, 0.2) is 42.0 Å². The molecule has 0 aromatic heterocycles. The number of hydrogen-bond acceptors (Lipinski definition) is 4. The van der Waals surface area contributed by atoms with Crippen molar-refractivity contribution in [2.75, 3.05) is 6.61 Å². The lowest BCUT2D eigenvalue weighted by Crippen LogP contribution is -2.44. The molecule has 2 aliphatic carbocycles. The van der Waals surface area contributed by atoms with Crippen LogP contribution in [0.4, 0.5) is 0 Å². The van der Waals surface area contributed by atoms with Crippen molar-refractivity contribution in [2.45, 2.75) is 24.9 Å². The average Bonchev–Trinajstić information content (AvgIpc) is 3.25. The van der Waals surface area contributed by atoms with E-state index in [1.165, 1.54) is 0 Å². The number of cyclic esters (lactones) is 2. The van der Waals surface area contributed by atoms with Crippen molar-refractivity contribution < 1.29 is 19.1 Å². The van der Waals surface area contributed by atoms with Crippen molar-refractivity contribution in [1.82, 2.24) is 0 Å². The largest absolute Gasteiger partial charge is 0.392 e. The summed E-state index contributed by atoms with van der Waals surface area (Å²) in [4.78, 5) is 24.7. The fourth-order valence-corrected chi connectivity index (χ4v) is 4.73. The summed E-state index contributed by atoms with van der Waals surface area (Å²) in [5.74, 6) is -1.08. The van der Waals surface area contributed by atoms with Crippen molar-refractivity contribution in [2.24, 2.45) is 23.7 Å². The molecule has 118 valence electrons. The van der Waals surface area contributed by atoms with Gasteiger partial charge in [-0.2, -0.15) is 0 Å². The number of ether oxygens (including phenoxy) is 2. The van der Waals surface area contributed by atoms with Gasteiger partial charge >= 0.3 is 11.9 Å². The van der Waals surface area contributed by atoms with E-state index in [4.69, 9.17) is 9.47 Å². The SMILES string of the molecule is O=C1OC(=O)[C@@H]2[C@H]1C(C1CC1)=C[C@@]1(c3ccccc3)OCC[C@@H]21. The normalized spacial score (nSPS) is 38.8. The first-order valence-electron chi connectivity index (χ1n) is 8.38. The summed E-state index contributed by atoms with van der Waals surface area (Å²) >= 11 is 0. The lowest BCUT2D eigenvalue weighted by Gasteiger charge is -2.41. The third kappa shape index (κ3) is 1.75. The van der Waals surface area contributed by atoms with Gasteiger partial charge in [-0.15, -0.1) is 0 Å². The third-order valence-corrected chi connectivity index (χ3v) is 5.85. The Bertz CT molecular complexity index is 718. The first-order valence-corrected chi connectivity index (χ1v) is 8.38. The molecule has 1 aromatic carbocycles. The van der Waals surface area contributed by atoms with Gasteiger partial charge in [-0.05, 0) is 36.8 Å². The molecule has 0 unspecified atom stereocenters. The number of benzene rings is 1. The Morgan fingerprint density at radius 1 is 1.00 bits per heavy atom. The van der Waals surface area contributed by atoms with Gasteiger partial charge in [-0.3, -0.25) is 9.59 Å². The van der Waals surface area contributed by atoms with Crippen molar-refractivity contribution >= 4 is 11.9 Å². The molecule has 4 heteroatoms. The Hall–Kier alpha value is -1.94. The van der Waals surface area contributed by atoms with E-state index in [0.717, 1.165) is 30.4 Å². The molecular formula is C19H18O4. The molecule has 4 nitrogen and oxygen atoms in total. The van der Waals surface area contributed by atoms with E-state index in [2.05, 4.69) is 18.2 Å². The highest BCUT2D eigenvalue weighted by Crippen LogP contribution is 2.59. The third-order valence-electron chi connectivity index (χ3n) is 5.85. The number of rotatable bonds is 2. The quantitative estimate of drug-likeness (QED) is 0.479. The fourth-order valence-electron chi connectivity index (χ4n) is 4.73. The first-order chi connectivity index (χ1) is 11.2. The molecule has 2 aliphatic heterocycles. The Morgan fingerprint density at radius 2 is 1.78 bits per heavy atom. The molecule has 0 N–H and O–H groups in total. The number of fused-ring (bicyclic) bond motifs is 3. The molecule has 4 atom stereocenters. The van der Waals surface area contributed by atoms with Crippen LogP contribution in [-0.4, -0.2) is 18.5 Å². The summed E-state index contributed by atoms with van der Waals surface area (Å²) in [6.45, 7) is 0.610. The lowest BCUT2D eigenvalue weighted by atomic mass is 9.63. The fraction of sp³-hybridized carbons (Fsp3) is 0.474. The topological polar surface area (TPSA) is 52.6 Å². The molecule has 2 heterocycles. The predicted molar refractivity (Wildman–Crippen MR) is 81.1 cm³/mol. The van der Waals surface area contributed by atoms with Crippen LogP contribution >= 0.6 is 0 Å². The van der Waals surface area contributed by atoms with E-state index in [9.17, 15) is 9.59 Å². The van der Waals surface area contributed by atoms with E-state index in [1.54, 1.807) is 0 Å². The summed E-state index contributed by atoms with van der Waals surface area (Å²) in [5.41, 5.74) is 1.57. The zero-order valence-electron chi connectivity index (χ0n) is 12.7. The maximum atomic E-state index is 12.4. The molecule has 0 bridgehead atoms. The highest BCUT2D eigenvalue weighted by Gasteiger charge is 2.62. The summed E-state index contributed by atoms with van der Waals surface area (Å²) in [6.07, 6.45) is 5.13. The number of carbonyl (C=O) groups excluding carboxylic acids is 2. The molecule has 4 aliphatic rings. The molecule has 2 saturated heterocycles. The molecule has 0 radical (unpaired) electrons.